The van der Waals surface area contributed by atoms with Gasteiger partial charge < -0.3 is 15.4 Å². The summed E-state index contributed by atoms with van der Waals surface area (Å²) in [5.74, 6) is -0.195. The van der Waals surface area contributed by atoms with E-state index >= 15 is 0 Å². The van der Waals surface area contributed by atoms with E-state index in [4.69, 9.17) is 10.5 Å². The van der Waals surface area contributed by atoms with Crippen LogP contribution in [0.1, 0.15) is 31.9 Å². The van der Waals surface area contributed by atoms with E-state index < -0.39 is 0 Å². The molecule has 2 rings (SSSR count). The topological polar surface area (TPSA) is 38.5 Å². The molecule has 1 aromatic rings. The molecule has 0 amide bonds. The molecule has 2 atom stereocenters. The maximum absolute atomic E-state index is 14.1. The van der Waals surface area contributed by atoms with Crippen molar-refractivity contribution in [3.63, 3.8) is 0 Å². The number of halogens is 1. The molecule has 0 aliphatic carbocycles. The van der Waals surface area contributed by atoms with Gasteiger partial charge in [0.2, 0.25) is 0 Å². The summed E-state index contributed by atoms with van der Waals surface area (Å²) < 4.78 is 19.7. The van der Waals surface area contributed by atoms with Gasteiger partial charge in [0.25, 0.3) is 0 Å². The van der Waals surface area contributed by atoms with Crippen molar-refractivity contribution < 1.29 is 9.13 Å². The van der Waals surface area contributed by atoms with E-state index in [1.165, 1.54) is 6.07 Å². The highest BCUT2D eigenvalue weighted by molar-refractivity contribution is 5.49. The molecule has 1 fully saturated rings. The van der Waals surface area contributed by atoms with E-state index in [-0.39, 0.29) is 18.0 Å². The minimum absolute atomic E-state index is 0.139. The second-order valence-electron chi connectivity index (χ2n) is 4.98. The third-order valence-electron chi connectivity index (χ3n) is 3.29. The fraction of sp³-hybridized carbons (Fsp3) is 0.571. The second-order valence-corrected chi connectivity index (χ2v) is 4.98. The van der Waals surface area contributed by atoms with Crippen LogP contribution in [0.5, 0.6) is 0 Å². The number of rotatable bonds is 2. The SMILES string of the molecule is CC1CN(c2ccc([C@@H](C)N)cc2F)CCCO1. The summed E-state index contributed by atoms with van der Waals surface area (Å²) in [6, 6.07) is 5.13. The molecule has 2 N–H and O–H groups in total. The van der Waals surface area contributed by atoms with Crippen LogP contribution < -0.4 is 10.6 Å². The Kier molecular flexibility index (Phi) is 4.19. The molecule has 1 unspecified atom stereocenters. The molecular weight excluding hydrogens is 231 g/mol. The molecule has 3 nitrogen and oxygen atoms in total. The Morgan fingerprint density at radius 2 is 2.28 bits per heavy atom. The van der Waals surface area contributed by atoms with E-state index in [1.54, 1.807) is 0 Å². The first kappa shape index (κ1) is 13.3. The predicted molar refractivity (Wildman–Crippen MR) is 71.2 cm³/mol. The zero-order valence-corrected chi connectivity index (χ0v) is 11.0. The Labute approximate surface area is 108 Å². The normalized spacial score (nSPS) is 22.7. The summed E-state index contributed by atoms with van der Waals surface area (Å²) in [5, 5.41) is 0. The molecule has 1 heterocycles. The third kappa shape index (κ3) is 3.00. The summed E-state index contributed by atoms with van der Waals surface area (Å²) >= 11 is 0. The second kappa shape index (κ2) is 5.67. The Bertz CT molecular complexity index is 409. The average Bonchev–Trinajstić information content (AvgIpc) is 2.53. The summed E-state index contributed by atoms with van der Waals surface area (Å²) in [6.07, 6.45) is 1.07. The van der Waals surface area contributed by atoms with Crippen molar-refractivity contribution in [3.8, 4) is 0 Å². The van der Waals surface area contributed by atoms with Crippen molar-refractivity contribution in [2.24, 2.45) is 5.73 Å². The smallest absolute Gasteiger partial charge is 0.146 e. The van der Waals surface area contributed by atoms with E-state index in [0.717, 1.165) is 31.7 Å². The molecule has 0 bridgehead atoms. The van der Waals surface area contributed by atoms with Crippen molar-refractivity contribution in [2.75, 3.05) is 24.6 Å². The van der Waals surface area contributed by atoms with Gasteiger partial charge in [0.1, 0.15) is 5.82 Å². The zero-order chi connectivity index (χ0) is 13.1. The first-order valence-electron chi connectivity index (χ1n) is 6.49. The van der Waals surface area contributed by atoms with E-state index in [2.05, 4.69) is 4.90 Å². The molecule has 18 heavy (non-hydrogen) atoms. The highest BCUT2D eigenvalue weighted by atomic mass is 19.1. The Balaban J connectivity index is 2.21. The fourth-order valence-electron chi connectivity index (χ4n) is 2.28. The molecule has 0 saturated carbocycles. The van der Waals surface area contributed by atoms with E-state index in [9.17, 15) is 4.39 Å². The highest BCUT2D eigenvalue weighted by Gasteiger charge is 2.18. The molecule has 0 radical (unpaired) electrons. The van der Waals surface area contributed by atoms with Gasteiger partial charge in [-0.25, -0.2) is 4.39 Å². The molecule has 1 aliphatic heterocycles. The van der Waals surface area contributed by atoms with Gasteiger partial charge in [-0.15, -0.1) is 0 Å². The van der Waals surface area contributed by atoms with Crippen LogP contribution >= 0.6 is 0 Å². The minimum atomic E-state index is -0.195. The van der Waals surface area contributed by atoms with Crippen LogP contribution in [0.25, 0.3) is 0 Å². The maximum Gasteiger partial charge on any atom is 0.146 e. The van der Waals surface area contributed by atoms with Crippen molar-refractivity contribution in [2.45, 2.75) is 32.4 Å². The Hall–Kier alpha value is -1.13. The fourth-order valence-corrected chi connectivity index (χ4v) is 2.28. The minimum Gasteiger partial charge on any atom is -0.377 e. The molecular formula is C14H21FN2O. The van der Waals surface area contributed by atoms with Gasteiger partial charge in [0.15, 0.2) is 0 Å². The van der Waals surface area contributed by atoms with Gasteiger partial charge in [0.05, 0.1) is 11.8 Å². The van der Waals surface area contributed by atoms with Crippen LogP contribution in [0, 0.1) is 5.82 Å². The lowest BCUT2D eigenvalue weighted by Gasteiger charge is -2.25. The zero-order valence-electron chi connectivity index (χ0n) is 11.0. The largest absolute Gasteiger partial charge is 0.377 e. The molecule has 1 aromatic carbocycles. The van der Waals surface area contributed by atoms with Crippen molar-refractivity contribution in [1.29, 1.82) is 0 Å². The van der Waals surface area contributed by atoms with E-state index in [0.29, 0.717) is 5.69 Å². The third-order valence-corrected chi connectivity index (χ3v) is 3.29. The van der Waals surface area contributed by atoms with Crippen molar-refractivity contribution >= 4 is 5.69 Å². The monoisotopic (exact) mass is 252 g/mol. The van der Waals surface area contributed by atoms with Gasteiger partial charge >= 0.3 is 0 Å². The average molecular weight is 252 g/mol. The number of hydrogen-bond donors (Lipinski definition) is 1. The summed E-state index contributed by atoms with van der Waals surface area (Å²) in [4.78, 5) is 2.05. The number of ether oxygens (including phenoxy) is 1. The number of nitrogens with two attached hydrogens (primary N) is 1. The predicted octanol–water partition coefficient (Wildman–Crippen LogP) is 2.46. The molecule has 4 heteroatoms. The Morgan fingerprint density at radius 1 is 1.50 bits per heavy atom. The van der Waals surface area contributed by atoms with Gasteiger partial charge in [-0.1, -0.05) is 6.07 Å². The maximum atomic E-state index is 14.1. The molecule has 100 valence electrons. The van der Waals surface area contributed by atoms with Crippen LogP contribution in [-0.2, 0) is 4.74 Å². The molecule has 0 aromatic heterocycles. The van der Waals surface area contributed by atoms with Crippen LogP contribution in [0.2, 0.25) is 0 Å². The lowest BCUT2D eigenvalue weighted by molar-refractivity contribution is 0.0820. The standard InChI is InChI=1S/C14H21FN2O/c1-10-9-17(6-3-7-18-10)14-5-4-12(11(2)16)8-13(14)15/h4-5,8,10-11H,3,6-7,9,16H2,1-2H3/t10?,11-/m1/s1. The number of benzene rings is 1. The van der Waals surface area contributed by atoms with Crippen molar-refractivity contribution in [3.05, 3.63) is 29.6 Å². The first-order valence-corrected chi connectivity index (χ1v) is 6.49. The highest BCUT2D eigenvalue weighted by Crippen LogP contribution is 2.24. The molecule has 0 spiro atoms. The van der Waals surface area contributed by atoms with Crippen LogP contribution in [0.4, 0.5) is 10.1 Å². The summed E-state index contributed by atoms with van der Waals surface area (Å²) in [5.41, 5.74) is 7.24. The number of anilines is 1. The molecule has 1 aliphatic rings. The van der Waals surface area contributed by atoms with Gasteiger partial charge in [-0.05, 0) is 38.0 Å². The first-order chi connectivity index (χ1) is 8.58. The van der Waals surface area contributed by atoms with E-state index in [1.807, 2.05) is 26.0 Å². The lowest BCUT2D eigenvalue weighted by atomic mass is 10.1. The van der Waals surface area contributed by atoms with Crippen molar-refractivity contribution in [1.82, 2.24) is 0 Å². The van der Waals surface area contributed by atoms with Gasteiger partial charge in [-0.3, -0.25) is 0 Å². The summed E-state index contributed by atoms with van der Waals surface area (Å²) in [6.45, 7) is 6.19. The lowest BCUT2D eigenvalue weighted by Crippen LogP contribution is -2.30. The molecule has 1 saturated heterocycles. The summed E-state index contributed by atoms with van der Waals surface area (Å²) in [7, 11) is 0. The van der Waals surface area contributed by atoms with Crippen LogP contribution in [0.15, 0.2) is 18.2 Å². The number of nitrogens with zero attached hydrogens (tertiary/aromatic N) is 1. The number of hydrogen-bond acceptors (Lipinski definition) is 3. The van der Waals surface area contributed by atoms with Gasteiger partial charge in [-0.2, -0.15) is 0 Å². The quantitative estimate of drug-likeness (QED) is 0.878. The Morgan fingerprint density at radius 3 is 2.94 bits per heavy atom. The van der Waals surface area contributed by atoms with Gasteiger partial charge in [0, 0.05) is 25.7 Å². The van der Waals surface area contributed by atoms with Crippen LogP contribution in [0.3, 0.4) is 0 Å². The van der Waals surface area contributed by atoms with Crippen LogP contribution in [-0.4, -0.2) is 25.8 Å².